The van der Waals surface area contributed by atoms with Gasteiger partial charge in [-0.1, -0.05) is 6.92 Å². The zero-order valence-corrected chi connectivity index (χ0v) is 10.5. The van der Waals surface area contributed by atoms with Gasteiger partial charge >= 0.3 is 0 Å². The quantitative estimate of drug-likeness (QED) is 0.733. The van der Waals surface area contributed by atoms with Gasteiger partial charge in [-0.05, 0) is 19.4 Å². The van der Waals surface area contributed by atoms with E-state index in [1.165, 1.54) is 6.26 Å². The van der Waals surface area contributed by atoms with E-state index in [0.717, 1.165) is 39.0 Å². The van der Waals surface area contributed by atoms with Gasteiger partial charge in [-0.2, -0.15) is 0 Å². The summed E-state index contributed by atoms with van der Waals surface area (Å²) in [7, 11) is -2.79. The van der Waals surface area contributed by atoms with Gasteiger partial charge in [0.2, 0.25) is 0 Å². The average Bonchev–Trinajstić information content (AvgIpc) is 2.16. The average molecular weight is 234 g/mol. The van der Waals surface area contributed by atoms with Crippen LogP contribution in [0.15, 0.2) is 0 Å². The van der Waals surface area contributed by atoms with E-state index in [1.54, 1.807) is 0 Å². The lowest BCUT2D eigenvalue weighted by molar-refractivity contribution is 0.157. The molecule has 4 nitrogen and oxygen atoms in total. The van der Waals surface area contributed by atoms with Crippen molar-refractivity contribution < 1.29 is 8.42 Å². The molecule has 1 aliphatic rings. The van der Waals surface area contributed by atoms with Crippen molar-refractivity contribution >= 4 is 9.84 Å². The predicted octanol–water partition coefficient (Wildman–Crippen LogP) is 0.105. The zero-order chi connectivity index (χ0) is 11.3. The summed E-state index contributed by atoms with van der Waals surface area (Å²) in [5, 5.41) is 3.36. The Hall–Kier alpha value is -0.130. The molecule has 1 unspecified atom stereocenters. The lowest BCUT2D eigenvalue weighted by Crippen LogP contribution is -2.51. The molecule has 0 aromatic heterocycles. The predicted molar refractivity (Wildman–Crippen MR) is 62.8 cm³/mol. The van der Waals surface area contributed by atoms with E-state index >= 15 is 0 Å². The Labute approximate surface area is 93.0 Å². The first-order valence-electron chi connectivity index (χ1n) is 5.65. The fourth-order valence-corrected chi connectivity index (χ4v) is 2.68. The number of rotatable bonds is 5. The number of nitrogens with zero attached hydrogens (tertiary/aromatic N) is 1. The van der Waals surface area contributed by atoms with Crippen LogP contribution in [-0.2, 0) is 9.84 Å². The molecule has 0 radical (unpaired) electrons. The number of hydrogen-bond acceptors (Lipinski definition) is 4. The van der Waals surface area contributed by atoms with Crippen molar-refractivity contribution in [3.8, 4) is 0 Å². The Morgan fingerprint density at radius 3 is 2.80 bits per heavy atom. The fraction of sp³-hybridized carbons (Fsp3) is 1.00. The monoisotopic (exact) mass is 234 g/mol. The smallest absolute Gasteiger partial charge is 0.147 e. The molecule has 0 spiro atoms. The van der Waals surface area contributed by atoms with Crippen LogP contribution in [0.3, 0.4) is 0 Å². The van der Waals surface area contributed by atoms with Gasteiger partial charge < -0.3 is 5.32 Å². The summed E-state index contributed by atoms with van der Waals surface area (Å²) in [5.74, 6) is 0.313. The lowest BCUT2D eigenvalue weighted by atomic mass is 10.1. The SMILES string of the molecule is CCC1CNCCN1CCCS(C)(=O)=O. The first-order chi connectivity index (χ1) is 7.03. The third-order valence-corrected chi connectivity index (χ3v) is 3.93. The van der Waals surface area contributed by atoms with E-state index in [-0.39, 0.29) is 0 Å². The van der Waals surface area contributed by atoms with Crippen LogP contribution in [0, 0.1) is 0 Å². The standard InChI is InChI=1S/C10H22N2O2S/c1-3-10-9-11-5-7-12(10)6-4-8-15(2,13)14/h10-11H,3-9H2,1-2H3. The summed E-state index contributed by atoms with van der Waals surface area (Å²) in [6, 6.07) is 0.582. The summed E-state index contributed by atoms with van der Waals surface area (Å²) < 4.78 is 22.0. The molecule has 1 rings (SSSR count). The molecule has 15 heavy (non-hydrogen) atoms. The van der Waals surface area contributed by atoms with Gasteiger partial charge in [0.15, 0.2) is 0 Å². The maximum atomic E-state index is 11.0. The van der Waals surface area contributed by atoms with Crippen molar-refractivity contribution in [2.24, 2.45) is 0 Å². The van der Waals surface area contributed by atoms with Gasteiger partial charge in [0.05, 0.1) is 5.75 Å². The van der Waals surface area contributed by atoms with Crippen LogP contribution in [0.5, 0.6) is 0 Å². The molecule has 1 heterocycles. The molecular weight excluding hydrogens is 212 g/mol. The number of sulfone groups is 1. The summed E-state index contributed by atoms with van der Waals surface area (Å²) in [6.45, 7) is 6.20. The largest absolute Gasteiger partial charge is 0.314 e. The second-order valence-corrected chi connectivity index (χ2v) is 6.55. The minimum absolute atomic E-state index is 0.313. The number of piperazine rings is 1. The van der Waals surface area contributed by atoms with Crippen molar-refractivity contribution in [2.45, 2.75) is 25.8 Å². The second kappa shape index (κ2) is 5.82. The van der Waals surface area contributed by atoms with Crippen LogP contribution in [0.1, 0.15) is 19.8 Å². The third kappa shape index (κ3) is 4.95. The van der Waals surface area contributed by atoms with Gasteiger partial charge in [0.25, 0.3) is 0 Å². The van der Waals surface area contributed by atoms with Crippen LogP contribution in [0.4, 0.5) is 0 Å². The highest BCUT2D eigenvalue weighted by Gasteiger charge is 2.19. The topological polar surface area (TPSA) is 49.4 Å². The molecule has 1 saturated heterocycles. The summed E-state index contributed by atoms with van der Waals surface area (Å²) in [6.07, 6.45) is 3.20. The molecule has 1 N–H and O–H groups in total. The lowest BCUT2D eigenvalue weighted by Gasteiger charge is -2.35. The molecular formula is C10H22N2O2S. The van der Waals surface area contributed by atoms with Gasteiger partial charge in [-0.15, -0.1) is 0 Å². The Morgan fingerprint density at radius 1 is 1.47 bits per heavy atom. The molecule has 0 aromatic rings. The zero-order valence-electron chi connectivity index (χ0n) is 9.70. The molecule has 90 valence electrons. The third-order valence-electron chi connectivity index (χ3n) is 2.90. The molecule has 0 aromatic carbocycles. The van der Waals surface area contributed by atoms with Gasteiger partial charge in [0, 0.05) is 31.9 Å². The summed E-state index contributed by atoms with van der Waals surface area (Å²) in [5.41, 5.74) is 0. The first kappa shape index (κ1) is 12.9. The van der Waals surface area contributed by atoms with Crippen LogP contribution < -0.4 is 5.32 Å². The Kier molecular flexibility index (Phi) is 5.02. The van der Waals surface area contributed by atoms with E-state index in [2.05, 4.69) is 17.1 Å². The molecule has 0 amide bonds. The highest BCUT2D eigenvalue weighted by Crippen LogP contribution is 2.07. The summed E-state index contributed by atoms with van der Waals surface area (Å²) >= 11 is 0. The number of hydrogen-bond donors (Lipinski definition) is 1. The molecule has 0 saturated carbocycles. The second-order valence-electron chi connectivity index (χ2n) is 4.29. The van der Waals surface area contributed by atoms with Crippen LogP contribution >= 0.6 is 0 Å². The van der Waals surface area contributed by atoms with E-state index in [0.29, 0.717) is 11.8 Å². The molecule has 5 heteroatoms. The molecule has 0 aliphatic carbocycles. The molecule has 1 atom stereocenters. The highest BCUT2D eigenvalue weighted by atomic mass is 32.2. The van der Waals surface area contributed by atoms with Gasteiger partial charge in [-0.25, -0.2) is 8.42 Å². The number of nitrogens with one attached hydrogen (secondary N) is 1. The van der Waals surface area contributed by atoms with Crippen LogP contribution in [0.25, 0.3) is 0 Å². The molecule has 1 aliphatic heterocycles. The molecule has 1 fully saturated rings. The van der Waals surface area contributed by atoms with E-state index in [4.69, 9.17) is 0 Å². The minimum atomic E-state index is -2.79. The maximum absolute atomic E-state index is 11.0. The fourth-order valence-electron chi connectivity index (χ4n) is 2.03. The minimum Gasteiger partial charge on any atom is -0.314 e. The van der Waals surface area contributed by atoms with E-state index < -0.39 is 9.84 Å². The highest BCUT2D eigenvalue weighted by molar-refractivity contribution is 7.90. The van der Waals surface area contributed by atoms with Crippen molar-refractivity contribution in [1.82, 2.24) is 10.2 Å². The Balaban J connectivity index is 2.29. The van der Waals surface area contributed by atoms with Crippen molar-refractivity contribution in [1.29, 1.82) is 0 Å². The van der Waals surface area contributed by atoms with Crippen LogP contribution in [0.2, 0.25) is 0 Å². The van der Waals surface area contributed by atoms with Gasteiger partial charge in [-0.3, -0.25) is 4.90 Å². The van der Waals surface area contributed by atoms with E-state index in [9.17, 15) is 8.42 Å². The van der Waals surface area contributed by atoms with Crippen molar-refractivity contribution in [2.75, 3.05) is 38.2 Å². The van der Waals surface area contributed by atoms with Crippen molar-refractivity contribution in [3.05, 3.63) is 0 Å². The normalized spacial score (nSPS) is 24.3. The van der Waals surface area contributed by atoms with Crippen LogP contribution in [-0.4, -0.2) is 57.5 Å². The maximum Gasteiger partial charge on any atom is 0.147 e. The summed E-state index contributed by atoms with van der Waals surface area (Å²) in [4.78, 5) is 2.40. The molecule has 0 bridgehead atoms. The first-order valence-corrected chi connectivity index (χ1v) is 7.71. The Morgan fingerprint density at radius 2 is 2.20 bits per heavy atom. The Bertz CT molecular complexity index is 277. The van der Waals surface area contributed by atoms with Crippen molar-refractivity contribution in [3.63, 3.8) is 0 Å². The van der Waals surface area contributed by atoms with Gasteiger partial charge in [0.1, 0.15) is 9.84 Å². The van der Waals surface area contributed by atoms with E-state index in [1.807, 2.05) is 0 Å².